The molecule has 2 nitrogen and oxygen atoms in total. The van der Waals surface area contributed by atoms with Crippen LogP contribution in [0.4, 0.5) is 17.6 Å². The molecular formula is C10H4F4N2. The monoisotopic (exact) mass is 228 g/mol. The highest BCUT2D eigenvalue weighted by molar-refractivity contribution is 5.59. The van der Waals surface area contributed by atoms with Crippen molar-refractivity contribution in [1.29, 1.82) is 0 Å². The van der Waals surface area contributed by atoms with Crippen LogP contribution in [0, 0.1) is 23.4 Å². The highest BCUT2D eigenvalue weighted by Crippen LogP contribution is 2.22. The number of nitrogens with zero attached hydrogens (tertiary/aromatic N) is 2. The standard InChI is InChI=1S/C10H4F4N2/c11-6-1-5(2-7(12)3-6)9-8(13)10(14)16-4-15-9/h1-4H. The minimum Gasteiger partial charge on any atom is -0.233 e. The number of benzene rings is 1. The zero-order valence-electron chi connectivity index (χ0n) is 7.72. The van der Waals surface area contributed by atoms with Gasteiger partial charge < -0.3 is 0 Å². The van der Waals surface area contributed by atoms with Crippen molar-refractivity contribution in [3.8, 4) is 11.3 Å². The highest BCUT2D eigenvalue weighted by Gasteiger charge is 2.14. The van der Waals surface area contributed by atoms with E-state index in [0.29, 0.717) is 6.07 Å². The van der Waals surface area contributed by atoms with E-state index >= 15 is 0 Å². The van der Waals surface area contributed by atoms with E-state index in [1.165, 1.54) is 0 Å². The van der Waals surface area contributed by atoms with E-state index in [4.69, 9.17) is 0 Å². The van der Waals surface area contributed by atoms with E-state index in [9.17, 15) is 17.6 Å². The Morgan fingerprint density at radius 1 is 0.812 bits per heavy atom. The van der Waals surface area contributed by atoms with Crippen LogP contribution in [0.1, 0.15) is 0 Å². The van der Waals surface area contributed by atoms with Gasteiger partial charge in [0, 0.05) is 11.6 Å². The molecule has 0 N–H and O–H groups in total. The first-order valence-electron chi connectivity index (χ1n) is 4.20. The second-order valence-electron chi connectivity index (χ2n) is 2.99. The minimum atomic E-state index is -1.37. The zero-order valence-corrected chi connectivity index (χ0v) is 7.72. The Labute approximate surface area is 87.6 Å². The summed E-state index contributed by atoms with van der Waals surface area (Å²) in [6.45, 7) is 0. The Kier molecular flexibility index (Phi) is 2.55. The first-order chi connectivity index (χ1) is 7.58. The van der Waals surface area contributed by atoms with E-state index in [1.54, 1.807) is 0 Å². The van der Waals surface area contributed by atoms with Gasteiger partial charge in [-0.15, -0.1) is 0 Å². The van der Waals surface area contributed by atoms with Gasteiger partial charge in [-0.3, -0.25) is 0 Å². The number of hydrogen-bond acceptors (Lipinski definition) is 2. The molecule has 0 aliphatic rings. The molecule has 0 aliphatic heterocycles. The summed E-state index contributed by atoms with van der Waals surface area (Å²) in [4.78, 5) is 6.40. The van der Waals surface area contributed by atoms with Crippen LogP contribution >= 0.6 is 0 Å². The van der Waals surface area contributed by atoms with Gasteiger partial charge in [0.2, 0.25) is 5.82 Å². The fourth-order valence-electron chi connectivity index (χ4n) is 1.24. The molecule has 0 bridgehead atoms. The Morgan fingerprint density at radius 2 is 1.44 bits per heavy atom. The summed E-state index contributed by atoms with van der Waals surface area (Å²) >= 11 is 0. The second kappa shape index (κ2) is 3.88. The summed E-state index contributed by atoms with van der Waals surface area (Å²) in [5.41, 5.74) is -0.665. The Bertz CT molecular complexity index is 522. The van der Waals surface area contributed by atoms with Gasteiger partial charge in [-0.1, -0.05) is 0 Å². The lowest BCUT2D eigenvalue weighted by Crippen LogP contribution is -1.97. The van der Waals surface area contributed by atoms with Crippen molar-refractivity contribution in [2.75, 3.05) is 0 Å². The average molecular weight is 228 g/mol. The fraction of sp³-hybridized carbons (Fsp3) is 0. The minimum absolute atomic E-state index is 0.184. The van der Waals surface area contributed by atoms with E-state index in [-0.39, 0.29) is 5.56 Å². The van der Waals surface area contributed by atoms with Gasteiger partial charge in [0.05, 0.1) is 0 Å². The first-order valence-corrected chi connectivity index (χ1v) is 4.20. The normalized spacial score (nSPS) is 10.5. The van der Waals surface area contributed by atoms with Crippen molar-refractivity contribution in [2.45, 2.75) is 0 Å². The van der Waals surface area contributed by atoms with Crippen molar-refractivity contribution < 1.29 is 17.6 Å². The van der Waals surface area contributed by atoms with Crippen LogP contribution in [-0.2, 0) is 0 Å². The molecule has 0 amide bonds. The molecule has 16 heavy (non-hydrogen) atoms. The molecular weight excluding hydrogens is 224 g/mol. The third-order valence-electron chi connectivity index (χ3n) is 1.88. The quantitative estimate of drug-likeness (QED) is 0.554. The van der Waals surface area contributed by atoms with E-state index < -0.39 is 29.1 Å². The molecule has 0 fully saturated rings. The molecule has 0 saturated carbocycles. The molecule has 2 rings (SSSR count). The maximum atomic E-state index is 13.2. The first kappa shape index (κ1) is 10.5. The molecule has 2 aromatic rings. The Morgan fingerprint density at radius 3 is 2.06 bits per heavy atom. The lowest BCUT2D eigenvalue weighted by molar-refractivity contribution is 0.476. The van der Waals surface area contributed by atoms with E-state index in [1.807, 2.05) is 0 Å². The lowest BCUT2D eigenvalue weighted by Gasteiger charge is -2.02. The van der Waals surface area contributed by atoms with Crippen molar-refractivity contribution >= 4 is 0 Å². The third-order valence-corrected chi connectivity index (χ3v) is 1.88. The highest BCUT2D eigenvalue weighted by atomic mass is 19.2. The predicted octanol–water partition coefficient (Wildman–Crippen LogP) is 2.70. The number of rotatable bonds is 1. The second-order valence-corrected chi connectivity index (χ2v) is 2.99. The third kappa shape index (κ3) is 1.86. The SMILES string of the molecule is Fc1cc(F)cc(-c2ncnc(F)c2F)c1. The summed E-state index contributed by atoms with van der Waals surface area (Å²) < 4.78 is 51.7. The van der Waals surface area contributed by atoms with Crippen molar-refractivity contribution in [1.82, 2.24) is 9.97 Å². The van der Waals surface area contributed by atoms with Crippen LogP contribution in [0.2, 0.25) is 0 Å². The van der Waals surface area contributed by atoms with Crippen LogP contribution in [0.5, 0.6) is 0 Å². The molecule has 0 saturated heterocycles. The predicted molar refractivity (Wildman–Crippen MR) is 47.3 cm³/mol. The van der Waals surface area contributed by atoms with Gasteiger partial charge in [0.25, 0.3) is 5.95 Å². The number of aromatic nitrogens is 2. The van der Waals surface area contributed by atoms with Gasteiger partial charge >= 0.3 is 0 Å². The van der Waals surface area contributed by atoms with Crippen LogP contribution in [0.3, 0.4) is 0 Å². The largest absolute Gasteiger partial charge is 0.252 e. The number of hydrogen-bond donors (Lipinski definition) is 0. The fourth-order valence-corrected chi connectivity index (χ4v) is 1.24. The van der Waals surface area contributed by atoms with Crippen LogP contribution < -0.4 is 0 Å². The van der Waals surface area contributed by atoms with Crippen LogP contribution in [0.15, 0.2) is 24.5 Å². The van der Waals surface area contributed by atoms with Crippen molar-refractivity contribution in [2.24, 2.45) is 0 Å². The van der Waals surface area contributed by atoms with E-state index in [2.05, 4.69) is 9.97 Å². The van der Waals surface area contributed by atoms with Crippen LogP contribution in [-0.4, -0.2) is 9.97 Å². The molecule has 82 valence electrons. The van der Waals surface area contributed by atoms with Gasteiger partial charge in [0.1, 0.15) is 23.7 Å². The summed E-state index contributed by atoms with van der Waals surface area (Å²) in [5.74, 6) is -4.50. The van der Waals surface area contributed by atoms with Gasteiger partial charge in [-0.25, -0.2) is 18.7 Å². The molecule has 1 heterocycles. The van der Waals surface area contributed by atoms with Gasteiger partial charge in [0.15, 0.2) is 0 Å². The molecule has 0 aliphatic carbocycles. The lowest BCUT2D eigenvalue weighted by atomic mass is 10.1. The Balaban J connectivity index is 2.63. The smallest absolute Gasteiger partial charge is 0.233 e. The van der Waals surface area contributed by atoms with Gasteiger partial charge in [-0.2, -0.15) is 8.78 Å². The summed E-state index contributed by atoms with van der Waals surface area (Å²) in [5, 5.41) is 0. The summed E-state index contributed by atoms with van der Waals surface area (Å²) in [6.07, 6.45) is 0.774. The summed E-state index contributed by atoms with van der Waals surface area (Å²) in [7, 11) is 0. The maximum Gasteiger partial charge on any atom is 0.252 e. The van der Waals surface area contributed by atoms with Crippen LogP contribution in [0.25, 0.3) is 11.3 Å². The van der Waals surface area contributed by atoms with Crippen molar-refractivity contribution in [3.05, 3.63) is 47.9 Å². The molecule has 0 radical (unpaired) electrons. The molecule has 0 unspecified atom stereocenters. The molecule has 6 heteroatoms. The average Bonchev–Trinajstić information content (AvgIpc) is 2.20. The molecule has 1 aromatic heterocycles. The molecule has 1 aromatic carbocycles. The topological polar surface area (TPSA) is 25.8 Å². The summed E-state index contributed by atoms with van der Waals surface area (Å²) in [6, 6.07) is 2.33. The molecule has 0 spiro atoms. The van der Waals surface area contributed by atoms with Crippen molar-refractivity contribution in [3.63, 3.8) is 0 Å². The van der Waals surface area contributed by atoms with E-state index in [0.717, 1.165) is 18.5 Å². The zero-order chi connectivity index (χ0) is 11.7. The Hall–Kier alpha value is -1.98. The van der Waals surface area contributed by atoms with Gasteiger partial charge in [-0.05, 0) is 12.1 Å². The maximum absolute atomic E-state index is 13.2. The molecule has 0 atom stereocenters. The number of halogens is 4.